The van der Waals surface area contributed by atoms with E-state index in [9.17, 15) is 5.26 Å². The molecule has 4 rings (SSSR count). The highest BCUT2D eigenvalue weighted by Crippen LogP contribution is 2.34. The van der Waals surface area contributed by atoms with Gasteiger partial charge in [-0.2, -0.15) is 10.4 Å². The second-order valence-corrected chi connectivity index (χ2v) is 5.98. The van der Waals surface area contributed by atoms with E-state index >= 15 is 0 Å². The number of anilines is 1. The zero-order chi connectivity index (χ0) is 18.3. The van der Waals surface area contributed by atoms with Gasteiger partial charge in [0.25, 0.3) is 0 Å². The van der Waals surface area contributed by atoms with Gasteiger partial charge in [-0.1, -0.05) is 0 Å². The first-order valence-corrected chi connectivity index (χ1v) is 7.96. The number of hydrogen-bond donors (Lipinski definition) is 2. The molecule has 0 saturated heterocycles. The Morgan fingerprint density at radius 2 is 2.12 bits per heavy atom. The number of nitrogens with two attached hydrogens (primary N) is 1. The van der Waals surface area contributed by atoms with Gasteiger partial charge in [-0.25, -0.2) is 4.98 Å². The van der Waals surface area contributed by atoms with Crippen LogP contribution in [0.15, 0.2) is 42.7 Å². The van der Waals surface area contributed by atoms with E-state index in [1.807, 2.05) is 54.3 Å². The van der Waals surface area contributed by atoms with Crippen molar-refractivity contribution in [2.24, 2.45) is 7.05 Å². The summed E-state index contributed by atoms with van der Waals surface area (Å²) < 4.78 is 7.18. The van der Waals surface area contributed by atoms with Crippen molar-refractivity contribution in [3.8, 4) is 34.3 Å². The number of nitriles is 1. The number of rotatable bonds is 3. The summed E-state index contributed by atoms with van der Waals surface area (Å²) in [6.07, 6.45) is 3.88. The molecule has 4 aromatic rings. The van der Waals surface area contributed by atoms with Crippen molar-refractivity contribution < 1.29 is 4.74 Å². The number of benzene rings is 1. The number of fused-ring (bicyclic) bond motifs is 1. The number of nitrogens with one attached hydrogen (secondary N) is 1. The van der Waals surface area contributed by atoms with Gasteiger partial charge < -0.3 is 15.0 Å². The van der Waals surface area contributed by atoms with Gasteiger partial charge in [0, 0.05) is 42.0 Å². The third-order valence-corrected chi connectivity index (χ3v) is 4.31. The van der Waals surface area contributed by atoms with Gasteiger partial charge in [0.15, 0.2) is 0 Å². The zero-order valence-corrected chi connectivity index (χ0v) is 14.3. The first-order valence-electron chi connectivity index (χ1n) is 7.96. The van der Waals surface area contributed by atoms with E-state index in [0.29, 0.717) is 22.5 Å². The molecule has 0 radical (unpaired) electrons. The summed E-state index contributed by atoms with van der Waals surface area (Å²) in [6.45, 7) is 0. The number of nitrogens with zero attached hydrogens (tertiary/aromatic N) is 4. The van der Waals surface area contributed by atoms with Gasteiger partial charge in [0.05, 0.1) is 18.3 Å². The van der Waals surface area contributed by atoms with Gasteiger partial charge in [-0.05, 0) is 24.3 Å². The van der Waals surface area contributed by atoms with Crippen molar-refractivity contribution in [3.63, 3.8) is 0 Å². The minimum absolute atomic E-state index is 0.188. The fraction of sp³-hybridized carbons (Fsp3) is 0.105. The molecule has 1 aromatic carbocycles. The van der Waals surface area contributed by atoms with Crippen LogP contribution in [0.25, 0.3) is 33.4 Å². The van der Waals surface area contributed by atoms with Crippen molar-refractivity contribution in [2.45, 2.75) is 0 Å². The monoisotopic (exact) mass is 344 g/mol. The lowest BCUT2D eigenvalue weighted by atomic mass is 10.0. The third kappa shape index (κ3) is 2.45. The molecule has 3 aromatic heterocycles. The molecule has 26 heavy (non-hydrogen) atoms. The number of aromatic nitrogens is 4. The fourth-order valence-electron chi connectivity index (χ4n) is 3.00. The molecule has 0 unspecified atom stereocenters. The van der Waals surface area contributed by atoms with Crippen LogP contribution in [0.5, 0.6) is 5.75 Å². The van der Waals surface area contributed by atoms with Crippen LogP contribution in [0.1, 0.15) is 5.56 Å². The van der Waals surface area contributed by atoms with Crippen LogP contribution >= 0.6 is 0 Å². The zero-order valence-electron chi connectivity index (χ0n) is 14.3. The van der Waals surface area contributed by atoms with E-state index in [1.165, 1.54) is 0 Å². The Morgan fingerprint density at radius 1 is 1.27 bits per heavy atom. The topological polar surface area (TPSA) is 106 Å². The molecule has 3 heterocycles. The highest BCUT2D eigenvalue weighted by atomic mass is 16.5. The van der Waals surface area contributed by atoms with E-state index in [1.54, 1.807) is 7.11 Å². The maximum atomic E-state index is 9.59. The molecule has 0 amide bonds. The lowest BCUT2D eigenvalue weighted by Gasteiger charge is -2.08. The van der Waals surface area contributed by atoms with E-state index in [0.717, 1.165) is 22.2 Å². The molecule has 0 spiro atoms. The molecule has 0 atom stereocenters. The summed E-state index contributed by atoms with van der Waals surface area (Å²) in [6, 6.07) is 11.6. The van der Waals surface area contributed by atoms with Crippen molar-refractivity contribution in [3.05, 3.63) is 48.3 Å². The molecule has 7 heteroatoms. The molecule has 128 valence electrons. The highest BCUT2D eigenvalue weighted by Gasteiger charge is 2.18. The van der Waals surface area contributed by atoms with E-state index in [2.05, 4.69) is 21.3 Å². The molecule has 3 N–H and O–H groups in total. The number of aromatic amines is 1. The first-order chi connectivity index (χ1) is 12.6. The molecule has 0 aliphatic carbocycles. The lowest BCUT2D eigenvalue weighted by Crippen LogP contribution is -2.00. The van der Waals surface area contributed by atoms with Gasteiger partial charge in [-0.3, -0.25) is 5.10 Å². The SMILES string of the molecule is COc1ccc2c(-c3cc(-c4ccn(C)c4)nc(N)c3C#N)n[nH]c2c1. The van der Waals surface area contributed by atoms with Crippen LogP contribution in [-0.4, -0.2) is 26.9 Å². The Balaban J connectivity index is 1.96. The van der Waals surface area contributed by atoms with Crippen LogP contribution < -0.4 is 10.5 Å². The van der Waals surface area contributed by atoms with Crippen LogP contribution in [0.4, 0.5) is 5.82 Å². The summed E-state index contributed by atoms with van der Waals surface area (Å²) in [5, 5.41) is 17.9. The van der Waals surface area contributed by atoms with E-state index in [-0.39, 0.29) is 5.82 Å². The number of ether oxygens (including phenoxy) is 1. The first kappa shape index (κ1) is 15.7. The number of aryl methyl sites for hydroxylation is 1. The van der Waals surface area contributed by atoms with Crippen molar-refractivity contribution >= 4 is 16.7 Å². The lowest BCUT2D eigenvalue weighted by molar-refractivity contribution is 0.415. The summed E-state index contributed by atoms with van der Waals surface area (Å²) in [4.78, 5) is 4.39. The van der Waals surface area contributed by atoms with E-state index in [4.69, 9.17) is 10.5 Å². The maximum Gasteiger partial charge on any atom is 0.142 e. The van der Waals surface area contributed by atoms with Gasteiger partial charge in [-0.15, -0.1) is 0 Å². The average Bonchev–Trinajstić information content (AvgIpc) is 3.26. The number of methoxy groups -OCH3 is 1. The molecule has 0 fully saturated rings. The Labute approximate surface area is 149 Å². The third-order valence-electron chi connectivity index (χ3n) is 4.31. The van der Waals surface area contributed by atoms with Crippen molar-refractivity contribution in [2.75, 3.05) is 12.8 Å². The number of hydrogen-bond acceptors (Lipinski definition) is 5. The van der Waals surface area contributed by atoms with Gasteiger partial charge in [0.1, 0.15) is 28.9 Å². The predicted octanol–water partition coefficient (Wildman–Crippen LogP) is 3.09. The minimum Gasteiger partial charge on any atom is -0.497 e. The molecular weight excluding hydrogens is 328 g/mol. The van der Waals surface area contributed by atoms with Crippen LogP contribution in [0.3, 0.4) is 0 Å². The van der Waals surface area contributed by atoms with Gasteiger partial charge >= 0.3 is 0 Å². The molecule has 0 saturated carbocycles. The molecule has 7 nitrogen and oxygen atoms in total. The molecule has 0 aliphatic heterocycles. The molecule has 0 bridgehead atoms. The second kappa shape index (κ2) is 5.93. The quantitative estimate of drug-likeness (QED) is 0.594. The second-order valence-electron chi connectivity index (χ2n) is 5.98. The summed E-state index contributed by atoms with van der Waals surface area (Å²) >= 11 is 0. The molecular formula is C19H16N6O. The summed E-state index contributed by atoms with van der Waals surface area (Å²) in [5.41, 5.74) is 10.1. The smallest absolute Gasteiger partial charge is 0.142 e. The molecule has 0 aliphatic rings. The fourth-order valence-corrected chi connectivity index (χ4v) is 3.00. The normalized spacial score (nSPS) is 10.8. The van der Waals surface area contributed by atoms with Crippen molar-refractivity contribution in [1.82, 2.24) is 19.7 Å². The highest BCUT2D eigenvalue weighted by molar-refractivity contribution is 5.96. The Hall–Kier alpha value is -3.79. The minimum atomic E-state index is 0.188. The summed E-state index contributed by atoms with van der Waals surface area (Å²) in [7, 11) is 3.55. The number of nitrogen functional groups attached to an aromatic ring is 1. The maximum absolute atomic E-state index is 9.59. The average molecular weight is 344 g/mol. The standard InChI is InChI=1S/C19H16N6O/c1-25-6-5-11(10-25)16-8-14(15(9-20)19(21)22-16)18-13-4-3-12(26-2)7-17(13)23-24-18/h3-8,10H,1-2H3,(H2,21,22)(H,23,24). The van der Waals surface area contributed by atoms with Crippen LogP contribution in [-0.2, 0) is 7.05 Å². The van der Waals surface area contributed by atoms with Crippen LogP contribution in [0.2, 0.25) is 0 Å². The predicted molar refractivity (Wildman–Crippen MR) is 99.4 cm³/mol. The number of pyridine rings is 1. The Morgan fingerprint density at radius 3 is 2.81 bits per heavy atom. The van der Waals surface area contributed by atoms with Gasteiger partial charge in [0.2, 0.25) is 0 Å². The number of H-pyrrole nitrogens is 1. The van der Waals surface area contributed by atoms with Crippen LogP contribution in [0, 0.1) is 11.3 Å². The van der Waals surface area contributed by atoms with Crippen molar-refractivity contribution in [1.29, 1.82) is 5.26 Å². The Bertz CT molecular complexity index is 1160. The Kier molecular flexibility index (Phi) is 3.59. The van der Waals surface area contributed by atoms with E-state index < -0.39 is 0 Å². The summed E-state index contributed by atoms with van der Waals surface area (Å²) in [5.74, 6) is 0.918. The largest absolute Gasteiger partial charge is 0.497 e.